The van der Waals surface area contributed by atoms with Gasteiger partial charge in [-0.25, -0.2) is 0 Å². The van der Waals surface area contributed by atoms with Crippen molar-refractivity contribution in [2.75, 3.05) is 31.7 Å². The number of nitrogens with zero attached hydrogens (tertiary/aromatic N) is 1. The molecule has 0 spiro atoms. The topological polar surface area (TPSA) is 94.2 Å². The minimum absolute atomic E-state index is 0.149. The van der Waals surface area contributed by atoms with Crippen molar-refractivity contribution in [3.05, 3.63) is 88.3 Å². The van der Waals surface area contributed by atoms with E-state index in [0.29, 0.717) is 34.3 Å². The van der Waals surface area contributed by atoms with Crippen molar-refractivity contribution in [2.24, 2.45) is 0 Å². The number of aryl methyl sites for hydroxylation is 1. The van der Waals surface area contributed by atoms with Gasteiger partial charge in [-0.2, -0.15) is 0 Å². The minimum atomic E-state index is -0.371. The summed E-state index contributed by atoms with van der Waals surface area (Å²) < 4.78 is 17.2. The van der Waals surface area contributed by atoms with Crippen LogP contribution in [0.4, 0.5) is 10.5 Å². The second-order valence-electron chi connectivity index (χ2n) is 9.71. The maximum absolute atomic E-state index is 12.9. The molecule has 41 heavy (non-hydrogen) atoms. The molecule has 0 aliphatic carbocycles. The van der Waals surface area contributed by atoms with E-state index in [9.17, 15) is 14.4 Å². The Hall–Kier alpha value is -4.24. The van der Waals surface area contributed by atoms with E-state index >= 15 is 0 Å². The van der Waals surface area contributed by atoms with E-state index in [1.54, 1.807) is 24.3 Å². The van der Waals surface area contributed by atoms with Crippen molar-refractivity contribution in [2.45, 2.75) is 33.6 Å². The van der Waals surface area contributed by atoms with Crippen LogP contribution in [0.1, 0.15) is 43.4 Å². The summed E-state index contributed by atoms with van der Waals surface area (Å²) in [5.74, 6) is 1.12. The number of imide groups is 1. The summed E-state index contributed by atoms with van der Waals surface area (Å²) in [5.41, 5.74) is 3.59. The number of hydrogen-bond acceptors (Lipinski definition) is 7. The molecule has 1 fully saturated rings. The molecule has 8 nitrogen and oxygen atoms in total. The second kappa shape index (κ2) is 13.9. The molecule has 0 radical (unpaired) electrons. The molecular formula is C32H34N2O6S. The number of anilines is 1. The van der Waals surface area contributed by atoms with Gasteiger partial charge in [-0.3, -0.25) is 19.3 Å². The number of benzene rings is 3. The lowest BCUT2D eigenvalue weighted by molar-refractivity contribution is -0.123. The number of hydrogen-bond donors (Lipinski definition) is 1. The Morgan fingerprint density at radius 3 is 2.46 bits per heavy atom. The van der Waals surface area contributed by atoms with Crippen LogP contribution in [0.2, 0.25) is 0 Å². The van der Waals surface area contributed by atoms with Crippen LogP contribution in [-0.4, -0.2) is 48.3 Å². The first-order valence-corrected chi connectivity index (χ1v) is 14.3. The number of rotatable bonds is 12. The standard InChI is InChI=1S/C32H34N2O6S/c1-5-38-28-18-23(12-15-27(28)40-20-30(35)33-26-9-7-6-8-25(26)21(2)3)19-29-31(36)34(32(37)41-29)16-17-39-24-13-10-22(4)11-14-24/h6-15,18-19,21H,5,16-17,20H2,1-4H3,(H,33,35)/b29-19-. The van der Waals surface area contributed by atoms with Crippen LogP contribution < -0.4 is 19.5 Å². The Morgan fingerprint density at radius 2 is 1.73 bits per heavy atom. The van der Waals surface area contributed by atoms with E-state index in [4.69, 9.17) is 14.2 Å². The van der Waals surface area contributed by atoms with Gasteiger partial charge in [-0.1, -0.05) is 55.8 Å². The zero-order valence-corrected chi connectivity index (χ0v) is 24.5. The summed E-state index contributed by atoms with van der Waals surface area (Å²) in [5, 5.41) is 2.57. The highest BCUT2D eigenvalue weighted by Gasteiger charge is 2.34. The predicted octanol–water partition coefficient (Wildman–Crippen LogP) is 6.65. The van der Waals surface area contributed by atoms with Crippen LogP contribution in [0.3, 0.4) is 0 Å². The lowest BCUT2D eigenvalue weighted by Crippen LogP contribution is -2.32. The molecule has 0 unspecified atom stereocenters. The van der Waals surface area contributed by atoms with Gasteiger partial charge < -0.3 is 19.5 Å². The predicted molar refractivity (Wildman–Crippen MR) is 162 cm³/mol. The molecule has 1 N–H and O–H groups in total. The zero-order valence-electron chi connectivity index (χ0n) is 23.6. The fraction of sp³-hybridized carbons (Fsp3) is 0.281. The van der Waals surface area contributed by atoms with Gasteiger partial charge in [0.1, 0.15) is 12.4 Å². The maximum atomic E-state index is 12.9. The largest absolute Gasteiger partial charge is 0.492 e. The van der Waals surface area contributed by atoms with Gasteiger partial charge in [0.15, 0.2) is 18.1 Å². The van der Waals surface area contributed by atoms with E-state index in [2.05, 4.69) is 19.2 Å². The van der Waals surface area contributed by atoms with Crippen molar-refractivity contribution in [1.29, 1.82) is 0 Å². The molecule has 0 bridgehead atoms. The zero-order chi connectivity index (χ0) is 29.4. The average Bonchev–Trinajstić information content (AvgIpc) is 3.21. The number of amides is 3. The average molecular weight is 575 g/mol. The fourth-order valence-corrected chi connectivity index (χ4v) is 5.04. The van der Waals surface area contributed by atoms with Crippen LogP contribution >= 0.6 is 11.8 Å². The van der Waals surface area contributed by atoms with Crippen molar-refractivity contribution in [3.8, 4) is 17.2 Å². The van der Waals surface area contributed by atoms with Gasteiger partial charge in [-0.05, 0) is 79.1 Å². The molecule has 3 aromatic rings. The number of carbonyl (C=O) groups is 3. The quantitative estimate of drug-likeness (QED) is 0.242. The molecule has 4 rings (SSSR count). The summed E-state index contributed by atoms with van der Waals surface area (Å²) in [4.78, 5) is 39.6. The first-order chi connectivity index (χ1) is 19.7. The van der Waals surface area contributed by atoms with Gasteiger partial charge in [0.2, 0.25) is 0 Å². The molecule has 0 aromatic heterocycles. The first-order valence-electron chi connectivity index (χ1n) is 13.5. The molecule has 1 saturated heterocycles. The monoisotopic (exact) mass is 574 g/mol. The molecule has 9 heteroatoms. The van der Waals surface area contributed by atoms with Crippen LogP contribution in [0.15, 0.2) is 71.6 Å². The van der Waals surface area contributed by atoms with E-state index in [0.717, 1.165) is 28.6 Å². The lowest BCUT2D eigenvalue weighted by atomic mass is 10.0. The molecule has 0 atom stereocenters. The molecule has 3 aromatic carbocycles. The number of carbonyl (C=O) groups excluding carboxylic acids is 3. The Morgan fingerprint density at radius 1 is 0.976 bits per heavy atom. The van der Waals surface area contributed by atoms with Gasteiger partial charge in [0.25, 0.3) is 17.1 Å². The summed E-state index contributed by atoms with van der Waals surface area (Å²) in [6, 6.07) is 20.4. The SMILES string of the molecule is CCOc1cc(/C=C2\SC(=O)N(CCOc3ccc(C)cc3)C2=O)ccc1OCC(=O)Nc1ccccc1C(C)C. The normalized spacial score (nSPS) is 14.1. The van der Waals surface area contributed by atoms with Crippen LogP contribution in [-0.2, 0) is 9.59 Å². The van der Waals surface area contributed by atoms with E-state index in [1.165, 1.54) is 4.90 Å². The summed E-state index contributed by atoms with van der Waals surface area (Å²) in [7, 11) is 0. The van der Waals surface area contributed by atoms with Gasteiger partial charge in [0.05, 0.1) is 18.1 Å². The molecule has 1 aliphatic heterocycles. The third kappa shape index (κ3) is 7.91. The molecule has 1 heterocycles. The fourth-order valence-electron chi connectivity index (χ4n) is 4.18. The van der Waals surface area contributed by atoms with Crippen molar-refractivity contribution < 1.29 is 28.6 Å². The van der Waals surface area contributed by atoms with Crippen molar-refractivity contribution in [3.63, 3.8) is 0 Å². The van der Waals surface area contributed by atoms with Gasteiger partial charge in [-0.15, -0.1) is 0 Å². The summed E-state index contributed by atoms with van der Waals surface area (Å²) in [6.07, 6.45) is 1.65. The molecule has 1 aliphatic rings. The summed E-state index contributed by atoms with van der Waals surface area (Å²) in [6.45, 7) is 8.50. The van der Waals surface area contributed by atoms with Crippen LogP contribution in [0.25, 0.3) is 6.08 Å². The van der Waals surface area contributed by atoms with Crippen LogP contribution in [0, 0.1) is 6.92 Å². The highest BCUT2D eigenvalue weighted by atomic mass is 32.2. The molecule has 3 amide bonds. The smallest absolute Gasteiger partial charge is 0.293 e. The maximum Gasteiger partial charge on any atom is 0.293 e. The first kappa shape index (κ1) is 29.7. The minimum Gasteiger partial charge on any atom is -0.492 e. The van der Waals surface area contributed by atoms with Crippen LogP contribution in [0.5, 0.6) is 17.2 Å². The third-order valence-electron chi connectivity index (χ3n) is 6.26. The highest BCUT2D eigenvalue weighted by molar-refractivity contribution is 8.18. The number of nitrogens with one attached hydrogen (secondary N) is 1. The number of thioether (sulfide) groups is 1. The van der Waals surface area contributed by atoms with Gasteiger partial charge in [0, 0.05) is 5.69 Å². The molecular weight excluding hydrogens is 540 g/mol. The van der Waals surface area contributed by atoms with Gasteiger partial charge >= 0.3 is 0 Å². The van der Waals surface area contributed by atoms with Crippen molar-refractivity contribution in [1.82, 2.24) is 4.90 Å². The highest BCUT2D eigenvalue weighted by Crippen LogP contribution is 2.35. The summed E-state index contributed by atoms with van der Waals surface area (Å²) >= 11 is 0.884. The number of ether oxygens (including phenoxy) is 3. The second-order valence-corrected chi connectivity index (χ2v) is 10.7. The Labute approximate surface area is 244 Å². The van der Waals surface area contributed by atoms with E-state index in [-0.39, 0.29) is 42.7 Å². The molecule has 0 saturated carbocycles. The Bertz CT molecular complexity index is 1430. The van der Waals surface area contributed by atoms with E-state index in [1.807, 2.05) is 62.4 Å². The lowest BCUT2D eigenvalue weighted by Gasteiger charge is -2.15. The Kier molecular flexibility index (Phi) is 10.1. The third-order valence-corrected chi connectivity index (χ3v) is 7.17. The number of para-hydroxylation sites is 1. The molecule has 214 valence electrons. The van der Waals surface area contributed by atoms with E-state index < -0.39 is 0 Å². The Balaban J connectivity index is 1.38. The van der Waals surface area contributed by atoms with Crippen molar-refractivity contribution >= 4 is 40.6 Å².